The molecule has 0 bridgehead atoms. The highest BCUT2D eigenvalue weighted by atomic mass is 16.1. The van der Waals surface area contributed by atoms with Crippen molar-refractivity contribution < 1.29 is 4.79 Å². The molecule has 3 rings (SSSR count). The largest absolute Gasteiger partial charge is 0.368 e. The van der Waals surface area contributed by atoms with E-state index in [0.29, 0.717) is 5.92 Å². The molecule has 1 aliphatic heterocycles. The number of carbonyl (C=O) groups is 1. The minimum absolute atomic E-state index is 0.129. The van der Waals surface area contributed by atoms with Crippen LogP contribution in [-0.4, -0.2) is 42.5 Å². The predicted molar refractivity (Wildman–Crippen MR) is 84.0 cm³/mol. The number of primary amides is 1. The Morgan fingerprint density at radius 3 is 2.33 bits per heavy atom. The first-order chi connectivity index (χ1) is 10.2. The van der Waals surface area contributed by atoms with E-state index >= 15 is 0 Å². The number of carbonyl (C=O) groups excluding carboxylic acids is 1. The quantitative estimate of drug-likeness (QED) is 0.885. The van der Waals surface area contributed by atoms with Gasteiger partial charge in [-0.1, -0.05) is 30.3 Å². The van der Waals surface area contributed by atoms with Crippen LogP contribution in [-0.2, 0) is 4.79 Å². The van der Waals surface area contributed by atoms with E-state index in [1.165, 1.54) is 5.56 Å². The molecule has 114 valence electrons. The standard InChI is InChI=1S/C17H25N3O/c18-16(21)17(20-12-10-19-11-13-20)8-6-15(7-9-17)14-4-2-1-3-5-14/h1-5,15,19H,6-13H2,(H2,18,21). The molecular formula is C17H25N3O. The molecule has 3 N–H and O–H groups in total. The highest BCUT2D eigenvalue weighted by Gasteiger charge is 2.45. The molecule has 2 aliphatic rings. The van der Waals surface area contributed by atoms with Gasteiger partial charge in [0.25, 0.3) is 0 Å². The Labute approximate surface area is 126 Å². The molecule has 4 nitrogen and oxygen atoms in total. The van der Waals surface area contributed by atoms with Gasteiger partial charge in [0, 0.05) is 26.2 Å². The van der Waals surface area contributed by atoms with Crippen molar-refractivity contribution in [3.63, 3.8) is 0 Å². The average molecular weight is 287 g/mol. The van der Waals surface area contributed by atoms with Gasteiger partial charge < -0.3 is 11.1 Å². The number of nitrogens with two attached hydrogens (primary N) is 1. The number of hydrogen-bond donors (Lipinski definition) is 2. The summed E-state index contributed by atoms with van der Waals surface area (Å²) in [7, 11) is 0. The summed E-state index contributed by atoms with van der Waals surface area (Å²) in [4.78, 5) is 14.5. The molecule has 2 fully saturated rings. The van der Waals surface area contributed by atoms with Crippen LogP contribution in [0.15, 0.2) is 30.3 Å². The number of rotatable bonds is 3. The van der Waals surface area contributed by atoms with E-state index in [2.05, 4.69) is 40.5 Å². The Hall–Kier alpha value is -1.39. The van der Waals surface area contributed by atoms with Gasteiger partial charge in [-0.05, 0) is 37.2 Å². The number of amides is 1. The van der Waals surface area contributed by atoms with Gasteiger partial charge >= 0.3 is 0 Å². The fourth-order valence-electron chi connectivity index (χ4n) is 3.97. The summed E-state index contributed by atoms with van der Waals surface area (Å²) in [5, 5.41) is 3.35. The van der Waals surface area contributed by atoms with Crippen LogP contribution in [0.1, 0.15) is 37.2 Å². The number of nitrogens with one attached hydrogen (secondary N) is 1. The lowest BCUT2D eigenvalue weighted by Crippen LogP contribution is -2.63. The summed E-state index contributed by atoms with van der Waals surface area (Å²) in [5.41, 5.74) is 6.81. The molecule has 0 aromatic heterocycles. The van der Waals surface area contributed by atoms with Gasteiger partial charge in [0.05, 0.1) is 0 Å². The van der Waals surface area contributed by atoms with E-state index in [1.807, 2.05) is 0 Å². The molecule has 21 heavy (non-hydrogen) atoms. The highest BCUT2D eigenvalue weighted by molar-refractivity contribution is 5.84. The zero-order valence-corrected chi connectivity index (χ0v) is 12.6. The summed E-state index contributed by atoms with van der Waals surface area (Å²) >= 11 is 0. The van der Waals surface area contributed by atoms with Gasteiger partial charge in [-0.3, -0.25) is 9.69 Å². The second-order valence-corrected chi connectivity index (χ2v) is 6.32. The summed E-state index contributed by atoms with van der Waals surface area (Å²) in [6.07, 6.45) is 3.89. The van der Waals surface area contributed by atoms with Gasteiger partial charge in [-0.2, -0.15) is 0 Å². The highest BCUT2D eigenvalue weighted by Crippen LogP contribution is 2.41. The zero-order valence-electron chi connectivity index (χ0n) is 12.6. The molecular weight excluding hydrogens is 262 g/mol. The van der Waals surface area contributed by atoms with E-state index in [1.54, 1.807) is 0 Å². The number of nitrogens with zero attached hydrogens (tertiary/aromatic N) is 1. The summed E-state index contributed by atoms with van der Waals surface area (Å²) in [5.74, 6) is 0.442. The van der Waals surface area contributed by atoms with Crippen LogP contribution in [0.5, 0.6) is 0 Å². The number of benzene rings is 1. The van der Waals surface area contributed by atoms with Gasteiger partial charge in [-0.15, -0.1) is 0 Å². The molecule has 0 unspecified atom stereocenters. The van der Waals surface area contributed by atoms with Crippen molar-refractivity contribution in [2.24, 2.45) is 5.73 Å². The third-order valence-corrected chi connectivity index (χ3v) is 5.26. The molecule has 0 spiro atoms. The first-order valence-electron chi connectivity index (χ1n) is 8.03. The van der Waals surface area contributed by atoms with Gasteiger partial charge in [-0.25, -0.2) is 0 Å². The summed E-state index contributed by atoms with van der Waals surface area (Å²) < 4.78 is 0. The first-order valence-corrected chi connectivity index (χ1v) is 8.03. The molecule has 0 radical (unpaired) electrons. The van der Waals surface area contributed by atoms with Gasteiger partial charge in [0.15, 0.2) is 0 Å². The Morgan fingerprint density at radius 1 is 1.14 bits per heavy atom. The summed E-state index contributed by atoms with van der Waals surface area (Å²) in [6.45, 7) is 3.77. The second-order valence-electron chi connectivity index (χ2n) is 6.32. The van der Waals surface area contributed by atoms with Crippen molar-refractivity contribution in [3.05, 3.63) is 35.9 Å². The minimum atomic E-state index is -0.409. The molecule has 1 aromatic rings. The maximum absolute atomic E-state index is 12.2. The van der Waals surface area contributed by atoms with Crippen LogP contribution in [0, 0.1) is 0 Å². The Morgan fingerprint density at radius 2 is 1.76 bits per heavy atom. The molecule has 1 aliphatic carbocycles. The third kappa shape index (κ3) is 2.83. The van der Waals surface area contributed by atoms with Crippen molar-refractivity contribution >= 4 is 5.91 Å². The maximum Gasteiger partial charge on any atom is 0.237 e. The second kappa shape index (κ2) is 6.16. The molecule has 1 amide bonds. The fourth-order valence-corrected chi connectivity index (χ4v) is 3.97. The molecule has 0 atom stereocenters. The van der Waals surface area contributed by atoms with E-state index in [0.717, 1.165) is 51.9 Å². The van der Waals surface area contributed by atoms with Crippen LogP contribution >= 0.6 is 0 Å². The van der Waals surface area contributed by atoms with Crippen molar-refractivity contribution in [2.45, 2.75) is 37.1 Å². The van der Waals surface area contributed by atoms with Crippen molar-refractivity contribution in [1.29, 1.82) is 0 Å². The van der Waals surface area contributed by atoms with Gasteiger partial charge in [0.2, 0.25) is 5.91 Å². The normalized spacial score (nSPS) is 31.0. The SMILES string of the molecule is NC(=O)C1(N2CCNCC2)CCC(c2ccccc2)CC1. The zero-order chi connectivity index (χ0) is 14.7. The number of hydrogen-bond acceptors (Lipinski definition) is 3. The minimum Gasteiger partial charge on any atom is -0.368 e. The summed E-state index contributed by atoms with van der Waals surface area (Å²) in [6, 6.07) is 10.7. The topological polar surface area (TPSA) is 58.4 Å². The van der Waals surface area contributed by atoms with Crippen LogP contribution < -0.4 is 11.1 Å². The van der Waals surface area contributed by atoms with E-state index in [9.17, 15) is 4.79 Å². The van der Waals surface area contributed by atoms with Crippen molar-refractivity contribution in [3.8, 4) is 0 Å². The average Bonchev–Trinajstić information content (AvgIpc) is 2.56. The van der Waals surface area contributed by atoms with Crippen molar-refractivity contribution in [1.82, 2.24) is 10.2 Å². The Balaban J connectivity index is 1.72. The third-order valence-electron chi connectivity index (χ3n) is 5.26. The van der Waals surface area contributed by atoms with Gasteiger partial charge in [0.1, 0.15) is 5.54 Å². The molecule has 4 heteroatoms. The monoisotopic (exact) mass is 287 g/mol. The van der Waals surface area contributed by atoms with Crippen LogP contribution in [0.3, 0.4) is 0 Å². The Kier molecular flexibility index (Phi) is 4.27. The van der Waals surface area contributed by atoms with E-state index in [-0.39, 0.29) is 5.91 Å². The lowest BCUT2D eigenvalue weighted by molar-refractivity contribution is -0.133. The first kappa shape index (κ1) is 14.5. The lowest BCUT2D eigenvalue weighted by atomic mass is 9.72. The predicted octanol–water partition coefficient (Wildman–Crippen LogP) is 1.47. The van der Waals surface area contributed by atoms with Crippen LogP contribution in [0.4, 0.5) is 0 Å². The van der Waals surface area contributed by atoms with E-state index < -0.39 is 5.54 Å². The van der Waals surface area contributed by atoms with Crippen LogP contribution in [0.2, 0.25) is 0 Å². The lowest BCUT2D eigenvalue weighted by Gasteiger charge is -2.47. The Bertz CT molecular complexity index is 474. The fraction of sp³-hybridized carbons (Fsp3) is 0.588. The molecule has 1 heterocycles. The molecule has 1 saturated heterocycles. The van der Waals surface area contributed by atoms with Crippen LogP contribution in [0.25, 0.3) is 0 Å². The molecule has 1 aromatic carbocycles. The van der Waals surface area contributed by atoms with Crippen molar-refractivity contribution in [2.75, 3.05) is 26.2 Å². The maximum atomic E-state index is 12.2. The smallest absolute Gasteiger partial charge is 0.237 e. The molecule has 1 saturated carbocycles. The number of piperazine rings is 1. The van der Waals surface area contributed by atoms with E-state index in [4.69, 9.17) is 5.73 Å².